The van der Waals surface area contributed by atoms with E-state index in [0.29, 0.717) is 4.80 Å². The van der Waals surface area contributed by atoms with Crippen molar-refractivity contribution in [2.45, 2.75) is 6.54 Å². The molecule has 10 heteroatoms. The van der Waals surface area contributed by atoms with Crippen molar-refractivity contribution in [1.29, 1.82) is 0 Å². The fourth-order valence-corrected chi connectivity index (χ4v) is 2.99. The quantitative estimate of drug-likeness (QED) is 0.598. The molecule has 120 valence electrons. The number of fused-ring (bicyclic) bond motifs is 1. The third kappa shape index (κ3) is 2.46. The van der Waals surface area contributed by atoms with Gasteiger partial charge in [-0.1, -0.05) is 0 Å². The van der Waals surface area contributed by atoms with Gasteiger partial charge in [-0.3, -0.25) is 14.2 Å². The monoisotopic (exact) mass is 334 g/mol. The maximum Gasteiger partial charge on any atom is 0.332 e. The third-order valence-electron chi connectivity index (χ3n) is 3.47. The zero-order chi connectivity index (χ0) is 16.7. The number of amides is 1. The van der Waals surface area contributed by atoms with E-state index < -0.39 is 23.7 Å². The first-order valence-corrected chi connectivity index (χ1v) is 7.56. The molecule has 0 bridgehead atoms. The SMILES string of the molecule is Cn1ccsc1=NC(=O)Cn1c(=O)c2c(ncn2C)n(C)c1=O. The predicted molar refractivity (Wildman–Crippen MR) is 84.1 cm³/mol. The molecule has 0 N–H and O–H groups in total. The highest BCUT2D eigenvalue weighted by Crippen LogP contribution is 2.02. The minimum Gasteiger partial charge on any atom is -0.328 e. The fourth-order valence-electron chi connectivity index (χ4n) is 2.25. The van der Waals surface area contributed by atoms with Crippen LogP contribution in [0, 0.1) is 0 Å². The molecule has 0 atom stereocenters. The van der Waals surface area contributed by atoms with Crippen molar-refractivity contribution in [2.75, 3.05) is 0 Å². The van der Waals surface area contributed by atoms with Crippen LogP contribution in [0.4, 0.5) is 0 Å². The number of thiazole rings is 1. The van der Waals surface area contributed by atoms with Gasteiger partial charge in [0, 0.05) is 32.7 Å². The van der Waals surface area contributed by atoms with E-state index in [-0.39, 0.29) is 11.2 Å². The number of aryl methyl sites for hydroxylation is 3. The molecule has 1 amide bonds. The number of nitrogens with zero attached hydrogens (tertiary/aromatic N) is 6. The van der Waals surface area contributed by atoms with Crippen molar-refractivity contribution in [1.82, 2.24) is 23.3 Å². The summed E-state index contributed by atoms with van der Waals surface area (Å²) in [5.41, 5.74) is -0.600. The van der Waals surface area contributed by atoms with Crippen LogP contribution in [0.25, 0.3) is 11.2 Å². The van der Waals surface area contributed by atoms with Crippen LogP contribution in [-0.4, -0.2) is 29.2 Å². The highest BCUT2D eigenvalue weighted by Gasteiger charge is 2.16. The van der Waals surface area contributed by atoms with Gasteiger partial charge in [0.05, 0.1) is 6.33 Å². The standard InChI is InChI=1S/C13H14N6O3S/c1-16-4-5-23-12(16)15-8(20)6-19-11(21)9-10(14-7-17(9)2)18(3)13(19)22/h4-5,7H,6H2,1-3H3. The van der Waals surface area contributed by atoms with Gasteiger partial charge < -0.3 is 9.13 Å². The average molecular weight is 334 g/mol. The van der Waals surface area contributed by atoms with Gasteiger partial charge in [-0.2, -0.15) is 4.99 Å². The molecule has 0 unspecified atom stereocenters. The van der Waals surface area contributed by atoms with E-state index in [2.05, 4.69) is 9.98 Å². The highest BCUT2D eigenvalue weighted by atomic mass is 32.1. The van der Waals surface area contributed by atoms with E-state index in [1.54, 1.807) is 30.2 Å². The van der Waals surface area contributed by atoms with Crippen LogP contribution in [0.15, 0.2) is 32.5 Å². The van der Waals surface area contributed by atoms with Gasteiger partial charge in [0.2, 0.25) is 0 Å². The number of hydrogen-bond acceptors (Lipinski definition) is 5. The van der Waals surface area contributed by atoms with Crippen LogP contribution in [0.3, 0.4) is 0 Å². The second-order valence-corrected chi connectivity index (χ2v) is 5.94. The molecule has 0 saturated carbocycles. The van der Waals surface area contributed by atoms with Gasteiger partial charge in [-0.15, -0.1) is 11.3 Å². The summed E-state index contributed by atoms with van der Waals surface area (Å²) >= 11 is 1.30. The van der Waals surface area contributed by atoms with Gasteiger partial charge >= 0.3 is 5.69 Å². The van der Waals surface area contributed by atoms with Crippen LogP contribution < -0.4 is 16.1 Å². The summed E-state index contributed by atoms with van der Waals surface area (Å²) in [6.45, 7) is -0.412. The molecule has 0 saturated heterocycles. The van der Waals surface area contributed by atoms with Crippen molar-refractivity contribution >= 4 is 28.4 Å². The molecule has 3 aromatic rings. The topological polar surface area (TPSA) is 96.2 Å². The van der Waals surface area contributed by atoms with Crippen molar-refractivity contribution in [3.05, 3.63) is 43.5 Å². The first-order valence-electron chi connectivity index (χ1n) is 6.68. The molecule has 3 rings (SSSR count). The van der Waals surface area contributed by atoms with Crippen LogP contribution in [0.2, 0.25) is 0 Å². The predicted octanol–water partition coefficient (Wildman–Crippen LogP) is -1.04. The summed E-state index contributed by atoms with van der Waals surface area (Å²) < 4.78 is 5.33. The largest absolute Gasteiger partial charge is 0.332 e. The Bertz CT molecular complexity index is 1090. The Morgan fingerprint density at radius 1 is 1.26 bits per heavy atom. The van der Waals surface area contributed by atoms with Crippen LogP contribution in [0.1, 0.15) is 0 Å². The summed E-state index contributed by atoms with van der Waals surface area (Å²) in [6.07, 6.45) is 3.22. The Labute approximate surface area is 133 Å². The number of carbonyl (C=O) groups is 1. The molecule has 0 aliphatic heterocycles. The number of aromatic nitrogens is 5. The maximum atomic E-state index is 12.5. The Morgan fingerprint density at radius 3 is 2.65 bits per heavy atom. The Morgan fingerprint density at radius 2 is 2.00 bits per heavy atom. The summed E-state index contributed by atoms with van der Waals surface area (Å²) in [6, 6.07) is 0. The number of hydrogen-bond donors (Lipinski definition) is 0. The van der Waals surface area contributed by atoms with E-state index in [9.17, 15) is 14.4 Å². The van der Waals surface area contributed by atoms with E-state index in [1.165, 1.54) is 33.8 Å². The summed E-state index contributed by atoms with van der Waals surface area (Å²) in [5.74, 6) is -0.566. The normalized spacial score (nSPS) is 12.2. The van der Waals surface area contributed by atoms with Gasteiger partial charge in [0.25, 0.3) is 11.5 Å². The maximum absolute atomic E-state index is 12.5. The fraction of sp³-hybridized carbons (Fsp3) is 0.308. The Kier molecular flexibility index (Phi) is 3.60. The molecule has 0 fully saturated rings. The minimum atomic E-state index is -0.597. The Hall–Kier alpha value is -2.75. The highest BCUT2D eigenvalue weighted by molar-refractivity contribution is 7.07. The lowest BCUT2D eigenvalue weighted by atomic mass is 10.4. The zero-order valence-electron chi connectivity index (χ0n) is 12.8. The summed E-state index contributed by atoms with van der Waals surface area (Å²) in [4.78, 5) is 45.3. The lowest BCUT2D eigenvalue weighted by molar-refractivity contribution is -0.118. The molecule has 9 nitrogen and oxygen atoms in total. The first kappa shape index (κ1) is 15.2. The van der Waals surface area contributed by atoms with E-state index >= 15 is 0 Å². The van der Waals surface area contributed by atoms with Crippen molar-refractivity contribution in [2.24, 2.45) is 26.1 Å². The molecule has 3 heterocycles. The molecule has 0 aromatic carbocycles. The molecular formula is C13H14N6O3S. The molecule has 23 heavy (non-hydrogen) atoms. The van der Waals surface area contributed by atoms with E-state index in [0.717, 1.165) is 4.57 Å². The molecule has 3 aromatic heterocycles. The molecule has 0 aliphatic rings. The zero-order valence-corrected chi connectivity index (χ0v) is 13.6. The summed E-state index contributed by atoms with van der Waals surface area (Å²) in [7, 11) is 4.92. The second-order valence-electron chi connectivity index (χ2n) is 5.06. The summed E-state index contributed by atoms with van der Waals surface area (Å²) in [5, 5.41) is 1.79. The smallest absolute Gasteiger partial charge is 0.328 e. The van der Waals surface area contributed by atoms with Crippen molar-refractivity contribution < 1.29 is 4.79 Å². The Balaban J connectivity index is 2.13. The van der Waals surface area contributed by atoms with Crippen LogP contribution in [-0.2, 0) is 32.5 Å². The molecule has 0 spiro atoms. The van der Waals surface area contributed by atoms with E-state index in [1.807, 2.05) is 0 Å². The van der Waals surface area contributed by atoms with Gasteiger partial charge in [0.1, 0.15) is 6.54 Å². The van der Waals surface area contributed by atoms with Gasteiger partial charge in [0.15, 0.2) is 16.0 Å². The van der Waals surface area contributed by atoms with E-state index in [4.69, 9.17) is 0 Å². The van der Waals surface area contributed by atoms with Crippen LogP contribution in [0.5, 0.6) is 0 Å². The number of carbonyl (C=O) groups excluding carboxylic acids is 1. The minimum absolute atomic E-state index is 0.265. The second kappa shape index (κ2) is 5.47. The van der Waals surface area contributed by atoms with Crippen molar-refractivity contribution in [3.63, 3.8) is 0 Å². The number of imidazole rings is 1. The third-order valence-corrected chi connectivity index (χ3v) is 4.32. The molecule has 0 aliphatic carbocycles. The lowest BCUT2D eigenvalue weighted by Crippen LogP contribution is -2.41. The lowest BCUT2D eigenvalue weighted by Gasteiger charge is -2.06. The van der Waals surface area contributed by atoms with Gasteiger partial charge in [-0.25, -0.2) is 14.3 Å². The molecular weight excluding hydrogens is 320 g/mol. The van der Waals surface area contributed by atoms with Crippen molar-refractivity contribution in [3.8, 4) is 0 Å². The van der Waals surface area contributed by atoms with Gasteiger partial charge in [-0.05, 0) is 0 Å². The van der Waals surface area contributed by atoms with Crippen LogP contribution >= 0.6 is 11.3 Å². The first-order chi connectivity index (χ1) is 10.9. The number of rotatable bonds is 2. The molecule has 0 radical (unpaired) electrons. The average Bonchev–Trinajstić information content (AvgIpc) is 3.08.